The third-order valence-corrected chi connectivity index (χ3v) is 4.99. The van der Waals surface area contributed by atoms with Gasteiger partial charge in [0.1, 0.15) is 18.3 Å². The average Bonchev–Trinajstić information content (AvgIpc) is 2.88. The Hall–Kier alpha value is -2.18. The lowest BCUT2D eigenvalue weighted by atomic mass is 9.83. The summed E-state index contributed by atoms with van der Waals surface area (Å²) in [4.78, 5) is 24.2. The Kier molecular flexibility index (Phi) is 6.21. The van der Waals surface area contributed by atoms with Gasteiger partial charge in [-0.05, 0) is 51.3 Å². The van der Waals surface area contributed by atoms with Crippen molar-refractivity contribution in [2.75, 3.05) is 0 Å². The number of hydrogen-bond acceptors (Lipinski definition) is 6. The van der Waals surface area contributed by atoms with Gasteiger partial charge in [0, 0.05) is 11.1 Å². The number of aliphatic hydroxyl groups excluding tert-OH is 2. The standard InChI is InChI=1S/C20H26O6/c1-6-10(2)19(23)26-18-11(3)7-8-14(21)12(4)9-15-16(17(18)22)13(5)20(24)25-15/h6-7,9,14-18,21-22H,5,8H2,1-4H3/b10-6?,11-7-,12-9+. The van der Waals surface area contributed by atoms with E-state index in [-0.39, 0.29) is 5.57 Å². The van der Waals surface area contributed by atoms with Crippen LogP contribution in [0.25, 0.3) is 0 Å². The van der Waals surface area contributed by atoms with Crippen LogP contribution < -0.4 is 0 Å². The third kappa shape index (κ3) is 3.97. The van der Waals surface area contributed by atoms with E-state index in [0.717, 1.165) is 0 Å². The smallest absolute Gasteiger partial charge is 0.334 e. The molecule has 1 saturated heterocycles. The summed E-state index contributed by atoms with van der Waals surface area (Å²) in [5.74, 6) is -1.93. The van der Waals surface area contributed by atoms with Gasteiger partial charge in [-0.1, -0.05) is 18.7 Å². The minimum atomic E-state index is -1.21. The molecule has 5 unspecified atom stereocenters. The summed E-state index contributed by atoms with van der Waals surface area (Å²) in [6.07, 6.45) is 1.56. The maximum absolute atomic E-state index is 12.2. The van der Waals surface area contributed by atoms with Gasteiger partial charge in [0.15, 0.2) is 0 Å². The summed E-state index contributed by atoms with van der Waals surface area (Å²) in [6.45, 7) is 10.5. The van der Waals surface area contributed by atoms with Gasteiger partial charge >= 0.3 is 11.9 Å². The minimum Gasteiger partial charge on any atom is -0.454 e. The van der Waals surface area contributed by atoms with Crippen molar-refractivity contribution in [2.45, 2.75) is 58.5 Å². The van der Waals surface area contributed by atoms with Crippen molar-refractivity contribution in [3.05, 3.63) is 47.1 Å². The quantitative estimate of drug-likeness (QED) is 0.443. The molecule has 1 aliphatic carbocycles. The number of ether oxygens (including phenoxy) is 2. The summed E-state index contributed by atoms with van der Waals surface area (Å²) in [6, 6.07) is 0. The van der Waals surface area contributed by atoms with E-state index in [1.54, 1.807) is 45.9 Å². The van der Waals surface area contributed by atoms with Gasteiger partial charge in [-0.15, -0.1) is 0 Å². The fraction of sp³-hybridized carbons (Fsp3) is 0.500. The predicted octanol–water partition coefficient (Wildman–Crippen LogP) is 1.98. The zero-order valence-corrected chi connectivity index (χ0v) is 15.6. The maximum atomic E-state index is 12.2. The van der Waals surface area contributed by atoms with Crippen molar-refractivity contribution in [3.63, 3.8) is 0 Å². The minimum absolute atomic E-state index is 0.123. The van der Waals surface area contributed by atoms with Crippen LogP contribution in [0.2, 0.25) is 0 Å². The van der Waals surface area contributed by atoms with Crippen LogP contribution in [0.4, 0.5) is 0 Å². The monoisotopic (exact) mass is 362 g/mol. The molecule has 0 bridgehead atoms. The SMILES string of the molecule is C=C1C(=O)OC2/C=C(\C)C(O)C/C=C(/C)C(OC(=O)C(C)=CC)C(O)C12. The molecular formula is C20H26O6. The summed E-state index contributed by atoms with van der Waals surface area (Å²) in [5, 5.41) is 21.2. The molecule has 0 spiro atoms. The second-order valence-corrected chi connectivity index (χ2v) is 6.82. The molecule has 1 heterocycles. The van der Waals surface area contributed by atoms with Crippen LogP contribution in [0.5, 0.6) is 0 Å². The number of allylic oxidation sites excluding steroid dienone is 1. The molecule has 142 valence electrons. The molecule has 6 heteroatoms. The highest BCUT2D eigenvalue weighted by Crippen LogP contribution is 2.35. The van der Waals surface area contributed by atoms with E-state index >= 15 is 0 Å². The highest BCUT2D eigenvalue weighted by molar-refractivity contribution is 5.91. The molecule has 6 nitrogen and oxygen atoms in total. The van der Waals surface area contributed by atoms with Crippen molar-refractivity contribution in [1.82, 2.24) is 0 Å². The molecule has 2 rings (SSSR count). The van der Waals surface area contributed by atoms with Gasteiger partial charge in [0.2, 0.25) is 0 Å². The Morgan fingerprint density at radius 1 is 1.35 bits per heavy atom. The van der Waals surface area contributed by atoms with Gasteiger partial charge < -0.3 is 19.7 Å². The highest BCUT2D eigenvalue weighted by atomic mass is 16.6. The van der Waals surface area contributed by atoms with Crippen molar-refractivity contribution < 1.29 is 29.3 Å². The van der Waals surface area contributed by atoms with Crippen LogP contribution in [0, 0.1) is 5.92 Å². The van der Waals surface area contributed by atoms with Gasteiger partial charge in [-0.3, -0.25) is 0 Å². The molecule has 2 aliphatic rings. The number of aliphatic hydroxyl groups is 2. The van der Waals surface area contributed by atoms with E-state index in [4.69, 9.17) is 9.47 Å². The number of fused-ring (bicyclic) bond motifs is 1. The van der Waals surface area contributed by atoms with Crippen molar-refractivity contribution in [1.29, 1.82) is 0 Å². The fourth-order valence-corrected chi connectivity index (χ4v) is 3.06. The first-order valence-electron chi connectivity index (χ1n) is 8.62. The number of carbonyl (C=O) groups excluding carboxylic acids is 2. The molecule has 0 aromatic heterocycles. The maximum Gasteiger partial charge on any atom is 0.334 e. The normalized spacial score (nSPS) is 37.0. The average molecular weight is 362 g/mol. The van der Waals surface area contributed by atoms with E-state index in [9.17, 15) is 19.8 Å². The topological polar surface area (TPSA) is 93.1 Å². The first kappa shape index (κ1) is 20.1. The summed E-state index contributed by atoms with van der Waals surface area (Å²) in [7, 11) is 0. The van der Waals surface area contributed by atoms with Gasteiger partial charge in [-0.25, -0.2) is 9.59 Å². The second-order valence-electron chi connectivity index (χ2n) is 6.82. The highest BCUT2D eigenvalue weighted by Gasteiger charge is 2.46. The number of rotatable bonds is 2. The molecule has 1 aliphatic heterocycles. The van der Waals surface area contributed by atoms with Crippen LogP contribution in [0.3, 0.4) is 0 Å². The van der Waals surface area contributed by atoms with Crippen molar-refractivity contribution in [2.24, 2.45) is 5.92 Å². The molecule has 0 saturated carbocycles. The number of hydrogen-bond donors (Lipinski definition) is 2. The molecule has 2 N–H and O–H groups in total. The van der Waals surface area contributed by atoms with E-state index in [1.807, 2.05) is 0 Å². The Morgan fingerprint density at radius 2 is 2.00 bits per heavy atom. The zero-order chi connectivity index (χ0) is 19.6. The third-order valence-electron chi connectivity index (χ3n) is 4.99. The van der Waals surface area contributed by atoms with Gasteiger partial charge in [0.25, 0.3) is 0 Å². The van der Waals surface area contributed by atoms with Crippen LogP contribution in [-0.4, -0.2) is 46.6 Å². The van der Waals surface area contributed by atoms with Crippen LogP contribution in [0.15, 0.2) is 47.1 Å². The van der Waals surface area contributed by atoms with Crippen LogP contribution >= 0.6 is 0 Å². The van der Waals surface area contributed by atoms with E-state index in [2.05, 4.69) is 6.58 Å². The zero-order valence-electron chi connectivity index (χ0n) is 15.6. The van der Waals surface area contributed by atoms with Gasteiger partial charge in [-0.2, -0.15) is 0 Å². The lowest BCUT2D eigenvalue weighted by molar-refractivity contribution is -0.150. The molecule has 1 fully saturated rings. The second kappa shape index (κ2) is 8.01. The molecule has 5 atom stereocenters. The summed E-state index contributed by atoms with van der Waals surface area (Å²) < 4.78 is 10.8. The Labute approximate surface area is 153 Å². The summed E-state index contributed by atoms with van der Waals surface area (Å²) in [5.41, 5.74) is 1.76. The lowest BCUT2D eigenvalue weighted by Crippen LogP contribution is -2.42. The Balaban J connectivity index is 2.46. The van der Waals surface area contributed by atoms with E-state index in [1.165, 1.54) is 0 Å². The first-order chi connectivity index (χ1) is 12.2. The largest absolute Gasteiger partial charge is 0.454 e. The summed E-state index contributed by atoms with van der Waals surface area (Å²) >= 11 is 0. The van der Waals surface area contributed by atoms with E-state index in [0.29, 0.717) is 23.1 Å². The van der Waals surface area contributed by atoms with E-state index < -0.39 is 42.3 Å². The molecule has 0 aromatic rings. The fourth-order valence-electron chi connectivity index (χ4n) is 3.06. The molecule has 26 heavy (non-hydrogen) atoms. The molecule has 0 aromatic carbocycles. The first-order valence-corrected chi connectivity index (χ1v) is 8.62. The molecule has 0 amide bonds. The molecule has 0 radical (unpaired) electrons. The number of esters is 2. The van der Waals surface area contributed by atoms with Crippen LogP contribution in [0.1, 0.15) is 34.1 Å². The lowest BCUT2D eigenvalue weighted by Gasteiger charge is -2.31. The van der Waals surface area contributed by atoms with Crippen molar-refractivity contribution >= 4 is 11.9 Å². The predicted molar refractivity (Wildman–Crippen MR) is 96.0 cm³/mol. The van der Waals surface area contributed by atoms with Gasteiger partial charge in [0.05, 0.1) is 12.0 Å². The van der Waals surface area contributed by atoms with Crippen LogP contribution in [-0.2, 0) is 19.1 Å². The molecular weight excluding hydrogens is 336 g/mol. The Morgan fingerprint density at radius 3 is 2.62 bits per heavy atom. The number of carbonyl (C=O) groups is 2. The Bertz CT molecular complexity index is 699. The van der Waals surface area contributed by atoms with Crippen molar-refractivity contribution in [3.8, 4) is 0 Å².